The second-order valence-corrected chi connectivity index (χ2v) is 4.63. The third-order valence-electron chi connectivity index (χ3n) is 2.27. The van der Waals surface area contributed by atoms with Gasteiger partial charge in [0.25, 0.3) is 0 Å². The molecule has 0 aliphatic heterocycles. The highest BCUT2D eigenvalue weighted by atomic mass is 35.5. The Balaban J connectivity index is 2.92. The fourth-order valence-corrected chi connectivity index (χ4v) is 1.64. The molecule has 0 aromatic carbocycles. The first-order chi connectivity index (χ1) is 9.66. The normalized spacial score (nSPS) is 12.2. The van der Waals surface area contributed by atoms with Gasteiger partial charge in [-0.25, -0.2) is 4.98 Å². The summed E-state index contributed by atoms with van der Waals surface area (Å²) in [6.45, 7) is 1.50. The highest BCUT2D eigenvalue weighted by Crippen LogP contribution is 2.32. The summed E-state index contributed by atoms with van der Waals surface area (Å²) in [6.07, 6.45) is -3.90. The lowest BCUT2D eigenvalue weighted by molar-refractivity contribution is -0.137. The number of nitrogens with zero attached hydrogens (tertiary/aromatic N) is 2. The minimum Gasteiger partial charge on any atom is -0.389 e. The molecule has 112 valence electrons. The molecule has 0 aliphatic rings. The van der Waals surface area contributed by atoms with E-state index in [1.165, 1.54) is 6.92 Å². The van der Waals surface area contributed by atoms with Gasteiger partial charge in [0, 0.05) is 11.9 Å². The number of hydrazine groups is 1. The molecule has 0 amide bonds. The number of nitrogens with one attached hydrogen (secondary N) is 2. The topological polar surface area (TPSA) is 86.8 Å². The second-order valence-electron chi connectivity index (χ2n) is 3.78. The highest BCUT2D eigenvalue weighted by molar-refractivity contribution is 7.80. The number of anilines is 1. The Kier molecular flexibility index (Phi) is 5.34. The monoisotopic (exact) mass is 335 g/mol. The fourth-order valence-electron chi connectivity index (χ4n) is 1.22. The van der Waals surface area contributed by atoms with Crippen molar-refractivity contribution < 1.29 is 13.2 Å². The Labute approximate surface area is 128 Å². The summed E-state index contributed by atoms with van der Waals surface area (Å²) in [6, 6.07) is 2.52. The number of halogens is 4. The van der Waals surface area contributed by atoms with E-state index in [1.54, 1.807) is 6.07 Å². The van der Waals surface area contributed by atoms with Gasteiger partial charge in [0.15, 0.2) is 5.82 Å². The van der Waals surface area contributed by atoms with Crippen molar-refractivity contribution in [2.45, 2.75) is 13.1 Å². The molecule has 1 rings (SSSR count). The summed E-state index contributed by atoms with van der Waals surface area (Å²) in [5.74, 6) is -0.0377. The van der Waals surface area contributed by atoms with E-state index in [0.29, 0.717) is 6.20 Å². The number of nitriles is 1. The third-order valence-corrected chi connectivity index (χ3v) is 2.76. The van der Waals surface area contributed by atoms with Crippen LogP contribution in [0.1, 0.15) is 12.5 Å². The van der Waals surface area contributed by atoms with Gasteiger partial charge in [0.2, 0.25) is 0 Å². The van der Waals surface area contributed by atoms with E-state index in [9.17, 15) is 13.2 Å². The Hall–Kier alpha value is -2.05. The standard InChI is InChI=1S/C11H9ClF3N5S/c1-5(7(3-16)9(17)21)19-20-10-8(12)2-6(4-18-10)11(13,14)15/h2,4,19H,1H3,(H2,17,21)(H,18,20)/b7-5-. The molecule has 10 heteroatoms. The number of nitrogens with two attached hydrogens (primary N) is 1. The van der Waals surface area contributed by atoms with Crippen molar-refractivity contribution in [3.05, 3.63) is 34.1 Å². The van der Waals surface area contributed by atoms with Crippen molar-refractivity contribution in [2.75, 3.05) is 5.43 Å². The van der Waals surface area contributed by atoms with Gasteiger partial charge in [-0.1, -0.05) is 23.8 Å². The summed E-state index contributed by atoms with van der Waals surface area (Å²) in [7, 11) is 0. The van der Waals surface area contributed by atoms with Gasteiger partial charge < -0.3 is 11.2 Å². The summed E-state index contributed by atoms with van der Waals surface area (Å²) in [5.41, 5.74) is 9.69. The average Bonchev–Trinajstić information content (AvgIpc) is 2.36. The van der Waals surface area contributed by atoms with Crippen LogP contribution in [0.2, 0.25) is 5.02 Å². The molecule has 4 N–H and O–H groups in total. The van der Waals surface area contributed by atoms with E-state index in [1.807, 2.05) is 0 Å². The molecule has 21 heavy (non-hydrogen) atoms. The van der Waals surface area contributed by atoms with Crippen LogP contribution in [0.25, 0.3) is 0 Å². The zero-order chi connectivity index (χ0) is 16.2. The Morgan fingerprint density at radius 3 is 2.57 bits per heavy atom. The molecule has 0 fully saturated rings. The molecule has 0 bridgehead atoms. The van der Waals surface area contributed by atoms with Crippen LogP contribution in [0.3, 0.4) is 0 Å². The maximum Gasteiger partial charge on any atom is 0.417 e. The zero-order valence-corrected chi connectivity index (χ0v) is 12.1. The molecular weight excluding hydrogens is 327 g/mol. The molecule has 5 nitrogen and oxygen atoms in total. The third kappa shape index (κ3) is 4.47. The van der Waals surface area contributed by atoms with Gasteiger partial charge in [-0.05, 0) is 13.0 Å². The van der Waals surface area contributed by atoms with Crippen LogP contribution in [0, 0.1) is 11.3 Å². The van der Waals surface area contributed by atoms with Crippen LogP contribution in [0.4, 0.5) is 19.0 Å². The zero-order valence-electron chi connectivity index (χ0n) is 10.5. The predicted molar refractivity (Wildman–Crippen MR) is 76.1 cm³/mol. The van der Waals surface area contributed by atoms with Crippen LogP contribution >= 0.6 is 23.8 Å². The lowest BCUT2D eigenvalue weighted by Crippen LogP contribution is -2.25. The molecule has 0 spiro atoms. The van der Waals surface area contributed by atoms with Crippen molar-refractivity contribution in [1.29, 1.82) is 5.26 Å². The molecule has 0 radical (unpaired) electrons. The van der Waals surface area contributed by atoms with Crippen molar-refractivity contribution in [1.82, 2.24) is 10.4 Å². The Morgan fingerprint density at radius 1 is 1.52 bits per heavy atom. The van der Waals surface area contributed by atoms with Crippen molar-refractivity contribution in [3.8, 4) is 6.07 Å². The molecule has 1 heterocycles. The summed E-state index contributed by atoms with van der Waals surface area (Å²) < 4.78 is 37.3. The number of hydrogen-bond acceptors (Lipinski definition) is 5. The number of thiocarbonyl (C=S) groups is 1. The van der Waals surface area contributed by atoms with Crippen LogP contribution < -0.4 is 16.6 Å². The molecule has 0 saturated heterocycles. The number of allylic oxidation sites excluding steroid dienone is 1. The van der Waals surface area contributed by atoms with Gasteiger partial charge in [0.05, 0.1) is 10.6 Å². The van der Waals surface area contributed by atoms with Gasteiger partial charge in [-0.2, -0.15) is 18.4 Å². The summed E-state index contributed by atoms with van der Waals surface area (Å²) in [5, 5.41) is 8.60. The van der Waals surface area contributed by atoms with E-state index in [0.717, 1.165) is 6.07 Å². The number of alkyl halides is 3. The molecule has 0 atom stereocenters. The molecule has 0 unspecified atom stereocenters. The van der Waals surface area contributed by atoms with E-state index in [-0.39, 0.29) is 27.1 Å². The Bertz CT molecular complexity index is 636. The van der Waals surface area contributed by atoms with Crippen molar-refractivity contribution in [3.63, 3.8) is 0 Å². The average molecular weight is 336 g/mol. The van der Waals surface area contributed by atoms with E-state index < -0.39 is 11.7 Å². The maximum absolute atomic E-state index is 12.4. The van der Waals surface area contributed by atoms with E-state index >= 15 is 0 Å². The van der Waals surface area contributed by atoms with Crippen molar-refractivity contribution in [2.24, 2.45) is 5.73 Å². The van der Waals surface area contributed by atoms with Gasteiger partial charge in [-0.3, -0.25) is 5.43 Å². The lowest BCUT2D eigenvalue weighted by Gasteiger charge is -2.13. The molecule has 1 aromatic heterocycles. The maximum atomic E-state index is 12.4. The van der Waals surface area contributed by atoms with Crippen LogP contribution in [0.15, 0.2) is 23.5 Å². The molecular formula is C11H9ClF3N5S. The molecule has 0 aliphatic carbocycles. The number of pyridine rings is 1. The smallest absolute Gasteiger partial charge is 0.389 e. The van der Waals surface area contributed by atoms with E-state index in [2.05, 4.69) is 28.1 Å². The number of rotatable bonds is 4. The quantitative estimate of drug-likeness (QED) is 0.339. The SMILES string of the molecule is C/C(NNc1ncc(C(F)(F)F)cc1Cl)=C(\C#N)C(N)=S. The minimum atomic E-state index is -4.53. The first-order valence-corrected chi connectivity index (χ1v) is 6.11. The van der Waals surface area contributed by atoms with Crippen LogP contribution in [0.5, 0.6) is 0 Å². The van der Waals surface area contributed by atoms with Gasteiger partial charge in [-0.15, -0.1) is 0 Å². The van der Waals surface area contributed by atoms with Gasteiger partial charge >= 0.3 is 6.18 Å². The first kappa shape index (κ1) is 17.0. The van der Waals surface area contributed by atoms with E-state index in [4.69, 9.17) is 22.6 Å². The Morgan fingerprint density at radius 2 is 2.14 bits per heavy atom. The largest absolute Gasteiger partial charge is 0.417 e. The molecule has 0 saturated carbocycles. The predicted octanol–water partition coefficient (Wildman–Crippen LogP) is 2.75. The minimum absolute atomic E-state index is 0.0283. The van der Waals surface area contributed by atoms with Gasteiger partial charge in [0.1, 0.15) is 16.6 Å². The van der Waals surface area contributed by atoms with Crippen LogP contribution in [-0.4, -0.2) is 9.97 Å². The second kappa shape index (κ2) is 6.60. The summed E-state index contributed by atoms with van der Waals surface area (Å²) >= 11 is 10.4. The molecule has 1 aromatic rings. The number of hydrogen-bond donors (Lipinski definition) is 3. The van der Waals surface area contributed by atoms with Crippen molar-refractivity contribution >= 4 is 34.6 Å². The highest BCUT2D eigenvalue weighted by Gasteiger charge is 2.31. The van der Waals surface area contributed by atoms with Crippen LogP contribution in [-0.2, 0) is 6.18 Å². The summed E-state index contributed by atoms with van der Waals surface area (Å²) in [4.78, 5) is 3.44. The number of aromatic nitrogens is 1. The lowest BCUT2D eigenvalue weighted by atomic mass is 10.2. The first-order valence-electron chi connectivity index (χ1n) is 5.32. The fraction of sp³-hybridized carbons (Fsp3) is 0.182.